The van der Waals surface area contributed by atoms with Crippen LogP contribution in [0.15, 0.2) is 24.3 Å². The number of aliphatic carboxylic acids is 1. The molecule has 1 unspecified atom stereocenters. The summed E-state index contributed by atoms with van der Waals surface area (Å²) in [5, 5.41) is 13.7. The van der Waals surface area contributed by atoms with Gasteiger partial charge in [0, 0.05) is 6.54 Å². The van der Waals surface area contributed by atoms with Gasteiger partial charge in [-0.3, -0.25) is 14.4 Å². The van der Waals surface area contributed by atoms with Crippen LogP contribution in [0.4, 0.5) is 0 Å². The third kappa shape index (κ3) is 9.19. The van der Waals surface area contributed by atoms with Crippen LogP contribution in [0.1, 0.15) is 57.1 Å². The number of amides is 2. The van der Waals surface area contributed by atoms with Crippen LogP contribution in [0, 0.1) is 0 Å². The molecule has 2 atom stereocenters. The molecular formula is C20H31N3O4. The summed E-state index contributed by atoms with van der Waals surface area (Å²) < 4.78 is 0. The van der Waals surface area contributed by atoms with E-state index in [9.17, 15) is 14.4 Å². The number of aryl methyl sites for hydroxylation is 1. The van der Waals surface area contributed by atoms with Crippen molar-refractivity contribution in [2.75, 3.05) is 0 Å². The Hall–Kier alpha value is -2.41. The Morgan fingerprint density at radius 1 is 1.07 bits per heavy atom. The van der Waals surface area contributed by atoms with Crippen LogP contribution in [0.2, 0.25) is 0 Å². The molecule has 0 heterocycles. The summed E-state index contributed by atoms with van der Waals surface area (Å²) in [6.45, 7) is 3.88. The van der Waals surface area contributed by atoms with Crippen molar-refractivity contribution in [2.24, 2.45) is 5.73 Å². The first-order valence-corrected chi connectivity index (χ1v) is 9.46. The van der Waals surface area contributed by atoms with Crippen LogP contribution in [0.5, 0.6) is 0 Å². The molecule has 7 nitrogen and oxygen atoms in total. The van der Waals surface area contributed by atoms with Gasteiger partial charge in [0.15, 0.2) is 0 Å². The number of carboxylic acid groups (broad SMARTS) is 1. The van der Waals surface area contributed by atoms with Crippen LogP contribution in [0.3, 0.4) is 0 Å². The van der Waals surface area contributed by atoms with E-state index in [1.807, 2.05) is 12.1 Å². The maximum atomic E-state index is 11.9. The van der Waals surface area contributed by atoms with Gasteiger partial charge in [0.25, 0.3) is 0 Å². The van der Waals surface area contributed by atoms with Crippen molar-refractivity contribution in [1.82, 2.24) is 10.6 Å². The van der Waals surface area contributed by atoms with E-state index in [2.05, 4.69) is 29.7 Å². The predicted molar refractivity (Wildman–Crippen MR) is 104 cm³/mol. The van der Waals surface area contributed by atoms with E-state index in [1.54, 1.807) is 0 Å². The lowest BCUT2D eigenvalue weighted by molar-refractivity contribution is -0.141. The van der Waals surface area contributed by atoms with Crippen molar-refractivity contribution in [1.29, 1.82) is 0 Å². The molecule has 0 aliphatic heterocycles. The smallest absolute Gasteiger partial charge is 0.325 e. The second-order valence-corrected chi connectivity index (χ2v) is 6.78. The maximum absolute atomic E-state index is 11.9. The number of unbranched alkanes of at least 4 members (excludes halogenated alkanes) is 3. The number of carbonyl (C=O) groups is 3. The fourth-order valence-electron chi connectivity index (χ4n) is 2.53. The molecule has 1 aromatic carbocycles. The Labute approximate surface area is 160 Å². The van der Waals surface area contributed by atoms with Crippen LogP contribution in [-0.4, -0.2) is 35.0 Å². The third-order valence-electron chi connectivity index (χ3n) is 4.30. The molecule has 0 saturated heterocycles. The number of hydrogen-bond donors (Lipinski definition) is 4. The first-order valence-electron chi connectivity index (χ1n) is 9.46. The van der Waals surface area contributed by atoms with Gasteiger partial charge in [0.2, 0.25) is 11.8 Å². The second kappa shape index (κ2) is 12.1. The molecule has 0 saturated carbocycles. The predicted octanol–water partition coefficient (Wildman–Crippen LogP) is 1.73. The molecule has 0 aliphatic carbocycles. The Morgan fingerprint density at radius 2 is 1.70 bits per heavy atom. The average molecular weight is 377 g/mol. The fourth-order valence-corrected chi connectivity index (χ4v) is 2.53. The van der Waals surface area contributed by atoms with E-state index < -0.39 is 24.0 Å². The molecule has 150 valence electrons. The van der Waals surface area contributed by atoms with Gasteiger partial charge in [-0.25, -0.2) is 0 Å². The summed E-state index contributed by atoms with van der Waals surface area (Å²) in [6, 6.07) is 5.97. The zero-order valence-electron chi connectivity index (χ0n) is 16.2. The highest BCUT2D eigenvalue weighted by Gasteiger charge is 2.21. The number of hydrogen-bond acceptors (Lipinski definition) is 4. The van der Waals surface area contributed by atoms with Crippen LogP contribution < -0.4 is 16.4 Å². The molecule has 0 aromatic heterocycles. The number of benzene rings is 1. The largest absolute Gasteiger partial charge is 0.480 e. The molecule has 0 aliphatic rings. The number of nitrogens with two attached hydrogens (primary N) is 1. The second-order valence-electron chi connectivity index (χ2n) is 6.78. The number of rotatable bonds is 12. The van der Waals surface area contributed by atoms with Crippen molar-refractivity contribution in [3.05, 3.63) is 35.4 Å². The highest BCUT2D eigenvalue weighted by molar-refractivity contribution is 5.90. The highest BCUT2D eigenvalue weighted by atomic mass is 16.4. The van der Waals surface area contributed by atoms with Crippen LogP contribution >= 0.6 is 0 Å². The lowest BCUT2D eigenvalue weighted by Gasteiger charge is -2.14. The molecular weight excluding hydrogens is 346 g/mol. The van der Waals surface area contributed by atoms with Gasteiger partial charge < -0.3 is 21.5 Å². The minimum absolute atomic E-state index is 0.201. The zero-order valence-corrected chi connectivity index (χ0v) is 16.2. The SMILES string of the molecule is CCCCCCc1ccc(CNC(=O)CC(N)C(=O)N[C@H](C)C(=O)O)cc1. The van der Waals surface area contributed by atoms with E-state index in [0.717, 1.165) is 12.0 Å². The quantitative estimate of drug-likeness (QED) is 0.413. The number of carboxylic acids is 1. The third-order valence-corrected chi connectivity index (χ3v) is 4.30. The van der Waals surface area contributed by atoms with E-state index in [1.165, 1.54) is 38.2 Å². The summed E-state index contributed by atoms with van der Waals surface area (Å²) in [7, 11) is 0. The van der Waals surface area contributed by atoms with E-state index in [0.29, 0.717) is 6.54 Å². The molecule has 0 fully saturated rings. The lowest BCUT2D eigenvalue weighted by Crippen LogP contribution is -2.48. The summed E-state index contributed by atoms with van der Waals surface area (Å²) in [5.41, 5.74) is 7.91. The molecule has 1 aromatic rings. The molecule has 0 bridgehead atoms. The Bertz CT molecular complexity index is 616. The van der Waals surface area contributed by atoms with Crippen molar-refractivity contribution in [3.63, 3.8) is 0 Å². The first-order chi connectivity index (χ1) is 12.8. The molecule has 27 heavy (non-hydrogen) atoms. The first kappa shape index (κ1) is 22.6. The summed E-state index contributed by atoms with van der Waals surface area (Å²) in [6.07, 6.45) is 5.78. The molecule has 7 heteroatoms. The molecule has 5 N–H and O–H groups in total. The minimum Gasteiger partial charge on any atom is -0.480 e. The number of nitrogens with one attached hydrogen (secondary N) is 2. The molecule has 0 spiro atoms. The van der Waals surface area contributed by atoms with Crippen LogP contribution in [-0.2, 0) is 27.3 Å². The molecule has 0 radical (unpaired) electrons. The van der Waals surface area contributed by atoms with E-state index in [4.69, 9.17) is 10.8 Å². The van der Waals surface area contributed by atoms with Gasteiger partial charge in [0.1, 0.15) is 6.04 Å². The highest BCUT2D eigenvalue weighted by Crippen LogP contribution is 2.10. The number of carbonyl (C=O) groups excluding carboxylic acids is 2. The van der Waals surface area contributed by atoms with Gasteiger partial charge in [-0.05, 0) is 30.9 Å². The van der Waals surface area contributed by atoms with Gasteiger partial charge in [-0.2, -0.15) is 0 Å². The normalized spacial score (nSPS) is 12.9. The fraction of sp³-hybridized carbons (Fsp3) is 0.550. The maximum Gasteiger partial charge on any atom is 0.325 e. The van der Waals surface area contributed by atoms with Gasteiger partial charge in [-0.15, -0.1) is 0 Å². The van der Waals surface area contributed by atoms with Crippen molar-refractivity contribution in [2.45, 2.75) is 71.0 Å². The minimum atomic E-state index is -1.16. The van der Waals surface area contributed by atoms with Crippen molar-refractivity contribution in [3.8, 4) is 0 Å². The standard InChI is InChI=1S/C20H31N3O4/c1-3-4-5-6-7-15-8-10-16(11-9-15)13-22-18(24)12-17(21)19(25)23-14(2)20(26)27/h8-11,14,17H,3-7,12-13,21H2,1-2H3,(H,22,24)(H,23,25)(H,26,27)/t14-,17?/m1/s1. The summed E-state index contributed by atoms with van der Waals surface area (Å²) in [4.78, 5) is 34.4. The van der Waals surface area contributed by atoms with E-state index in [-0.39, 0.29) is 12.3 Å². The average Bonchev–Trinajstić information content (AvgIpc) is 2.64. The van der Waals surface area contributed by atoms with Gasteiger partial charge in [-0.1, -0.05) is 50.5 Å². The Morgan fingerprint density at radius 3 is 2.30 bits per heavy atom. The Kier molecular flexibility index (Phi) is 10.1. The monoisotopic (exact) mass is 377 g/mol. The lowest BCUT2D eigenvalue weighted by atomic mass is 10.0. The van der Waals surface area contributed by atoms with Crippen LogP contribution in [0.25, 0.3) is 0 Å². The van der Waals surface area contributed by atoms with Gasteiger partial charge >= 0.3 is 5.97 Å². The summed E-state index contributed by atoms with van der Waals surface area (Å²) in [5.74, 6) is -2.18. The summed E-state index contributed by atoms with van der Waals surface area (Å²) >= 11 is 0. The molecule has 2 amide bonds. The van der Waals surface area contributed by atoms with Crippen molar-refractivity contribution >= 4 is 17.8 Å². The topological polar surface area (TPSA) is 122 Å². The zero-order chi connectivity index (χ0) is 20.2. The Balaban J connectivity index is 2.34. The van der Waals surface area contributed by atoms with Crippen molar-refractivity contribution < 1.29 is 19.5 Å². The van der Waals surface area contributed by atoms with E-state index >= 15 is 0 Å². The molecule has 1 rings (SSSR count). The van der Waals surface area contributed by atoms with Gasteiger partial charge in [0.05, 0.1) is 12.5 Å².